The molecule has 0 aliphatic heterocycles. The van der Waals surface area contributed by atoms with Gasteiger partial charge in [-0.05, 0) is 48.5 Å². The zero-order valence-corrected chi connectivity index (χ0v) is 15.6. The minimum atomic E-state index is -4.40. The molecule has 29 heavy (non-hydrogen) atoms. The highest BCUT2D eigenvalue weighted by Crippen LogP contribution is 2.32. The van der Waals surface area contributed by atoms with Gasteiger partial charge in [-0.2, -0.15) is 13.2 Å². The minimum absolute atomic E-state index is 0.263. The SMILES string of the molecule is COc1c(C(=O)Nc2ccc(Oc3ccc(C(F)(F)F)cc3)cc2)cn(C)c1N. The number of nitrogen functional groups attached to an aromatic ring is 1. The molecule has 0 fully saturated rings. The molecule has 3 aromatic rings. The number of aromatic nitrogens is 1. The zero-order chi connectivity index (χ0) is 21.2. The first-order valence-corrected chi connectivity index (χ1v) is 8.44. The maximum Gasteiger partial charge on any atom is 0.416 e. The quantitative estimate of drug-likeness (QED) is 0.646. The molecule has 2 aromatic carbocycles. The number of hydrogen-bond donors (Lipinski definition) is 2. The Hall–Kier alpha value is -3.62. The van der Waals surface area contributed by atoms with Gasteiger partial charge in [0, 0.05) is 18.9 Å². The van der Waals surface area contributed by atoms with Crippen LogP contribution < -0.4 is 20.5 Å². The molecule has 3 N–H and O–H groups in total. The average Bonchev–Trinajstić information content (AvgIpc) is 2.97. The zero-order valence-electron chi connectivity index (χ0n) is 15.6. The third-order valence-corrected chi connectivity index (χ3v) is 4.16. The van der Waals surface area contributed by atoms with Crippen molar-refractivity contribution in [2.75, 3.05) is 18.2 Å². The number of methoxy groups -OCH3 is 1. The van der Waals surface area contributed by atoms with Gasteiger partial charge < -0.3 is 25.1 Å². The van der Waals surface area contributed by atoms with Crippen LogP contribution in [0.1, 0.15) is 15.9 Å². The van der Waals surface area contributed by atoms with Gasteiger partial charge in [-0.15, -0.1) is 0 Å². The summed E-state index contributed by atoms with van der Waals surface area (Å²) in [6.45, 7) is 0. The highest BCUT2D eigenvalue weighted by Gasteiger charge is 2.30. The van der Waals surface area contributed by atoms with E-state index in [4.69, 9.17) is 15.2 Å². The number of alkyl halides is 3. The Balaban J connectivity index is 1.67. The molecule has 1 heterocycles. The molecule has 1 amide bonds. The van der Waals surface area contributed by atoms with Crippen LogP contribution in [0, 0.1) is 0 Å². The highest BCUT2D eigenvalue weighted by atomic mass is 19.4. The Morgan fingerprint density at radius 3 is 2.10 bits per heavy atom. The number of carbonyl (C=O) groups is 1. The predicted molar refractivity (Wildman–Crippen MR) is 102 cm³/mol. The van der Waals surface area contributed by atoms with Gasteiger partial charge in [0.1, 0.15) is 22.9 Å². The number of benzene rings is 2. The van der Waals surface area contributed by atoms with Gasteiger partial charge in [0.15, 0.2) is 5.75 Å². The number of aryl methyl sites for hydroxylation is 1. The normalized spacial score (nSPS) is 11.2. The second-order valence-corrected chi connectivity index (χ2v) is 6.17. The summed E-state index contributed by atoms with van der Waals surface area (Å²) in [7, 11) is 3.12. The summed E-state index contributed by atoms with van der Waals surface area (Å²) in [5.41, 5.74) is 5.89. The van der Waals surface area contributed by atoms with E-state index in [9.17, 15) is 18.0 Å². The summed E-state index contributed by atoms with van der Waals surface area (Å²) in [5.74, 6) is 0.888. The van der Waals surface area contributed by atoms with Crippen LogP contribution in [-0.4, -0.2) is 17.6 Å². The number of nitrogens with two attached hydrogens (primary N) is 1. The van der Waals surface area contributed by atoms with Gasteiger partial charge in [-0.1, -0.05) is 0 Å². The number of rotatable bonds is 5. The fourth-order valence-corrected chi connectivity index (χ4v) is 2.65. The highest BCUT2D eigenvalue weighted by molar-refractivity contribution is 6.07. The number of hydrogen-bond acceptors (Lipinski definition) is 4. The second kappa shape index (κ2) is 7.78. The topological polar surface area (TPSA) is 78.5 Å². The first kappa shape index (κ1) is 20.1. The molecule has 0 saturated carbocycles. The number of nitrogens with one attached hydrogen (secondary N) is 1. The van der Waals surface area contributed by atoms with Crippen LogP contribution in [0.5, 0.6) is 17.2 Å². The maximum absolute atomic E-state index is 12.6. The van der Waals surface area contributed by atoms with Crippen LogP contribution in [0.2, 0.25) is 0 Å². The van der Waals surface area contributed by atoms with Crippen molar-refractivity contribution in [2.24, 2.45) is 7.05 Å². The smallest absolute Gasteiger partial charge is 0.416 e. The average molecular weight is 405 g/mol. The van der Waals surface area contributed by atoms with Gasteiger partial charge in [-0.25, -0.2) is 0 Å². The van der Waals surface area contributed by atoms with E-state index in [2.05, 4.69) is 5.32 Å². The van der Waals surface area contributed by atoms with Crippen LogP contribution in [0.3, 0.4) is 0 Å². The molecule has 0 atom stereocenters. The lowest BCUT2D eigenvalue weighted by molar-refractivity contribution is -0.137. The molecule has 152 valence electrons. The van der Waals surface area contributed by atoms with Crippen molar-refractivity contribution in [1.82, 2.24) is 4.57 Å². The fourth-order valence-electron chi connectivity index (χ4n) is 2.65. The Labute approximate surface area is 164 Å². The van der Waals surface area contributed by atoms with Crippen molar-refractivity contribution in [3.63, 3.8) is 0 Å². The van der Waals surface area contributed by atoms with E-state index >= 15 is 0 Å². The third-order valence-electron chi connectivity index (χ3n) is 4.16. The molecule has 0 bridgehead atoms. The van der Waals surface area contributed by atoms with Crippen molar-refractivity contribution in [2.45, 2.75) is 6.18 Å². The van der Waals surface area contributed by atoms with Gasteiger partial charge >= 0.3 is 6.18 Å². The molecule has 0 radical (unpaired) electrons. The Bertz CT molecular complexity index is 1010. The Kier molecular flexibility index (Phi) is 5.40. The molecule has 1 aromatic heterocycles. The van der Waals surface area contributed by atoms with Crippen LogP contribution in [-0.2, 0) is 13.2 Å². The van der Waals surface area contributed by atoms with Crippen molar-refractivity contribution < 1.29 is 27.4 Å². The second-order valence-electron chi connectivity index (χ2n) is 6.17. The van der Waals surface area contributed by atoms with E-state index in [1.807, 2.05) is 0 Å². The van der Waals surface area contributed by atoms with Gasteiger partial charge in [0.05, 0.1) is 12.7 Å². The van der Waals surface area contributed by atoms with Crippen LogP contribution in [0.4, 0.5) is 24.7 Å². The summed E-state index contributed by atoms with van der Waals surface area (Å²) < 4.78 is 50.1. The number of halogens is 3. The maximum atomic E-state index is 12.6. The first-order valence-electron chi connectivity index (χ1n) is 8.44. The summed E-state index contributed by atoms with van der Waals surface area (Å²) in [5, 5.41) is 2.72. The van der Waals surface area contributed by atoms with E-state index < -0.39 is 17.6 Å². The molecule has 0 aliphatic carbocycles. The Morgan fingerprint density at radius 1 is 1.03 bits per heavy atom. The first-order chi connectivity index (χ1) is 13.7. The lowest BCUT2D eigenvalue weighted by Gasteiger charge is -2.10. The number of ether oxygens (including phenoxy) is 2. The summed E-state index contributed by atoms with van der Waals surface area (Å²) in [4.78, 5) is 12.5. The fraction of sp³-hybridized carbons (Fsp3) is 0.150. The summed E-state index contributed by atoms with van der Waals surface area (Å²) in [6.07, 6.45) is -2.84. The molecule has 9 heteroatoms. The number of anilines is 2. The molecule has 3 rings (SSSR count). The van der Waals surface area contributed by atoms with Gasteiger partial charge in [0.25, 0.3) is 5.91 Å². The predicted octanol–water partition coefficient (Wildman–Crippen LogP) is 4.68. The molecule has 0 spiro atoms. The van der Waals surface area contributed by atoms with Crippen molar-refractivity contribution in [1.29, 1.82) is 0 Å². The van der Waals surface area contributed by atoms with Crippen molar-refractivity contribution in [3.8, 4) is 17.2 Å². The molecular weight excluding hydrogens is 387 g/mol. The Morgan fingerprint density at radius 2 is 1.59 bits per heavy atom. The monoisotopic (exact) mass is 405 g/mol. The molecule has 0 saturated heterocycles. The van der Waals surface area contributed by atoms with E-state index in [1.54, 1.807) is 42.1 Å². The van der Waals surface area contributed by atoms with Crippen molar-refractivity contribution >= 4 is 17.4 Å². The van der Waals surface area contributed by atoms with Gasteiger partial charge in [-0.3, -0.25) is 4.79 Å². The lowest BCUT2D eigenvalue weighted by atomic mass is 10.2. The molecule has 0 unspecified atom stereocenters. The van der Waals surface area contributed by atoms with Gasteiger partial charge in [0.2, 0.25) is 0 Å². The summed E-state index contributed by atoms with van der Waals surface area (Å²) >= 11 is 0. The summed E-state index contributed by atoms with van der Waals surface area (Å²) in [6, 6.07) is 10.8. The van der Waals surface area contributed by atoms with E-state index in [-0.39, 0.29) is 17.1 Å². The van der Waals surface area contributed by atoms with E-state index in [0.29, 0.717) is 17.3 Å². The lowest BCUT2D eigenvalue weighted by Crippen LogP contribution is -2.12. The largest absolute Gasteiger partial charge is 0.492 e. The third kappa shape index (κ3) is 4.45. The number of amides is 1. The molecule has 0 aliphatic rings. The number of nitrogens with zero attached hydrogens (tertiary/aromatic N) is 1. The van der Waals surface area contributed by atoms with Crippen LogP contribution >= 0.6 is 0 Å². The minimum Gasteiger partial charge on any atom is -0.492 e. The van der Waals surface area contributed by atoms with Crippen molar-refractivity contribution in [3.05, 3.63) is 65.9 Å². The van der Waals surface area contributed by atoms with E-state index in [0.717, 1.165) is 12.1 Å². The standard InChI is InChI=1S/C20H18F3N3O3/c1-26-11-16(17(28-2)18(26)24)19(27)25-13-5-9-15(10-6-13)29-14-7-3-12(4-8-14)20(21,22)23/h3-11H,24H2,1-2H3,(H,25,27). The van der Waals surface area contributed by atoms with E-state index in [1.165, 1.54) is 19.2 Å². The number of carbonyl (C=O) groups excluding carboxylic acids is 1. The molecule has 6 nitrogen and oxygen atoms in total. The van der Waals surface area contributed by atoms with Crippen LogP contribution in [0.15, 0.2) is 54.7 Å². The molecular formula is C20H18F3N3O3. The van der Waals surface area contributed by atoms with Crippen LogP contribution in [0.25, 0.3) is 0 Å².